The molecule has 1 heterocycles. The number of fused-ring (bicyclic) bond motifs is 1. The molecule has 0 aliphatic heterocycles. The van der Waals surface area contributed by atoms with E-state index < -0.39 is 11.8 Å². The van der Waals surface area contributed by atoms with Crippen molar-refractivity contribution in [3.05, 3.63) is 70.6 Å². The van der Waals surface area contributed by atoms with E-state index in [0.717, 1.165) is 10.9 Å². The van der Waals surface area contributed by atoms with E-state index >= 15 is 0 Å². The van der Waals surface area contributed by atoms with Gasteiger partial charge in [-0.1, -0.05) is 35.9 Å². The zero-order chi connectivity index (χ0) is 17.8. The van der Waals surface area contributed by atoms with E-state index in [-0.39, 0.29) is 18.8 Å². The smallest absolute Gasteiger partial charge is 0.310 e. The molecule has 3 aromatic rings. The second-order valence-electron chi connectivity index (χ2n) is 5.44. The molecular weight excluding hydrogens is 345 g/mol. The highest BCUT2D eigenvalue weighted by atomic mass is 35.5. The van der Waals surface area contributed by atoms with Crippen molar-refractivity contribution in [1.29, 1.82) is 0 Å². The number of esters is 1. The van der Waals surface area contributed by atoms with Gasteiger partial charge in [-0.3, -0.25) is 4.79 Å². The molecule has 0 aliphatic rings. The number of hydrogen-bond donors (Lipinski definition) is 0. The van der Waals surface area contributed by atoms with Gasteiger partial charge in [0.05, 0.1) is 19.0 Å². The SMILES string of the molecule is COc1ccc(CC(=O)OCc2cc3ccccc3nc2Cl)cc1F. The van der Waals surface area contributed by atoms with E-state index in [9.17, 15) is 9.18 Å². The van der Waals surface area contributed by atoms with Crippen LogP contribution in [0, 0.1) is 5.82 Å². The van der Waals surface area contributed by atoms with E-state index in [2.05, 4.69) is 4.98 Å². The molecule has 6 heteroatoms. The Morgan fingerprint density at radius 1 is 1.20 bits per heavy atom. The van der Waals surface area contributed by atoms with Crippen molar-refractivity contribution in [3.63, 3.8) is 0 Å². The number of nitrogens with zero attached hydrogens (tertiary/aromatic N) is 1. The maximum atomic E-state index is 13.7. The number of benzene rings is 2. The summed E-state index contributed by atoms with van der Waals surface area (Å²) in [4.78, 5) is 16.3. The number of carbonyl (C=O) groups excluding carboxylic acids is 1. The second-order valence-corrected chi connectivity index (χ2v) is 5.80. The van der Waals surface area contributed by atoms with Crippen LogP contribution in [0.1, 0.15) is 11.1 Å². The van der Waals surface area contributed by atoms with Gasteiger partial charge in [0.15, 0.2) is 11.6 Å². The van der Waals surface area contributed by atoms with Gasteiger partial charge in [0.1, 0.15) is 11.8 Å². The molecule has 0 saturated heterocycles. The Morgan fingerprint density at radius 3 is 2.76 bits per heavy atom. The van der Waals surface area contributed by atoms with Crippen molar-refractivity contribution in [2.24, 2.45) is 0 Å². The monoisotopic (exact) mass is 359 g/mol. The Kier molecular flexibility index (Phi) is 5.14. The largest absolute Gasteiger partial charge is 0.494 e. The molecule has 0 aliphatic carbocycles. The van der Waals surface area contributed by atoms with Gasteiger partial charge in [-0.2, -0.15) is 0 Å². The molecule has 128 valence electrons. The van der Waals surface area contributed by atoms with Crippen LogP contribution < -0.4 is 4.74 Å². The lowest BCUT2D eigenvalue weighted by molar-refractivity contribution is -0.144. The summed E-state index contributed by atoms with van der Waals surface area (Å²) in [6.07, 6.45) is -0.0421. The van der Waals surface area contributed by atoms with E-state index in [1.165, 1.54) is 19.2 Å². The standard InChI is InChI=1S/C19H15ClFNO3/c1-24-17-7-6-12(8-15(17)21)9-18(23)25-11-14-10-13-4-2-3-5-16(13)22-19(14)20/h2-8,10H,9,11H2,1H3. The van der Waals surface area contributed by atoms with Crippen LogP contribution in [0.25, 0.3) is 10.9 Å². The highest BCUT2D eigenvalue weighted by molar-refractivity contribution is 6.30. The number of aromatic nitrogens is 1. The number of rotatable bonds is 5. The molecule has 3 rings (SSSR count). The molecule has 25 heavy (non-hydrogen) atoms. The Bertz CT molecular complexity index is 930. The minimum absolute atomic E-state index is 0.00807. The summed E-state index contributed by atoms with van der Waals surface area (Å²) in [6, 6.07) is 13.7. The van der Waals surface area contributed by atoms with Crippen LogP contribution in [0.2, 0.25) is 5.15 Å². The van der Waals surface area contributed by atoms with Crippen LogP contribution >= 0.6 is 11.6 Å². The molecule has 0 fully saturated rings. The van der Waals surface area contributed by atoms with E-state index in [1.54, 1.807) is 6.07 Å². The molecular formula is C19H15ClFNO3. The topological polar surface area (TPSA) is 48.4 Å². The van der Waals surface area contributed by atoms with Crippen LogP contribution in [0.5, 0.6) is 5.75 Å². The lowest BCUT2D eigenvalue weighted by atomic mass is 10.1. The molecule has 4 nitrogen and oxygen atoms in total. The molecule has 0 unspecified atom stereocenters. The van der Waals surface area contributed by atoms with Crippen molar-refractivity contribution in [3.8, 4) is 5.75 Å². The first-order chi connectivity index (χ1) is 12.1. The van der Waals surface area contributed by atoms with Crippen molar-refractivity contribution >= 4 is 28.5 Å². The van der Waals surface area contributed by atoms with E-state index in [0.29, 0.717) is 16.3 Å². The third kappa shape index (κ3) is 4.06. The fraction of sp³-hybridized carbons (Fsp3) is 0.158. The summed E-state index contributed by atoms with van der Waals surface area (Å²) in [7, 11) is 1.38. The summed E-state index contributed by atoms with van der Waals surface area (Å²) >= 11 is 6.14. The molecule has 0 amide bonds. The predicted octanol–water partition coefficient (Wildman–Crippen LogP) is 4.32. The first kappa shape index (κ1) is 17.2. The maximum absolute atomic E-state index is 13.7. The normalized spacial score (nSPS) is 10.7. The van der Waals surface area contributed by atoms with Gasteiger partial charge < -0.3 is 9.47 Å². The van der Waals surface area contributed by atoms with Crippen LogP contribution in [-0.4, -0.2) is 18.1 Å². The lowest BCUT2D eigenvalue weighted by Gasteiger charge is -2.08. The second kappa shape index (κ2) is 7.49. The Hall–Kier alpha value is -2.66. The number of ether oxygens (including phenoxy) is 2. The number of para-hydroxylation sites is 1. The van der Waals surface area contributed by atoms with Gasteiger partial charge in [0.2, 0.25) is 0 Å². The fourth-order valence-electron chi connectivity index (χ4n) is 2.43. The van der Waals surface area contributed by atoms with Crippen molar-refractivity contribution in [2.45, 2.75) is 13.0 Å². The number of pyridine rings is 1. The van der Waals surface area contributed by atoms with Gasteiger partial charge in [-0.05, 0) is 29.8 Å². The quantitative estimate of drug-likeness (QED) is 0.503. The number of hydrogen-bond acceptors (Lipinski definition) is 4. The third-order valence-corrected chi connectivity index (χ3v) is 4.03. The first-order valence-corrected chi connectivity index (χ1v) is 7.97. The van der Waals surface area contributed by atoms with Gasteiger partial charge in [0.25, 0.3) is 0 Å². The highest BCUT2D eigenvalue weighted by Gasteiger charge is 2.11. The van der Waals surface area contributed by atoms with Crippen LogP contribution in [0.15, 0.2) is 48.5 Å². The summed E-state index contributed by atoms with van der Waals surface area (Å²) in [5, 5.41) is 1.21. The minimum atomic E-state index is -0.519. The Labute approximate surface area is 149 Å². The molecule has 0 radical (unpaired) electrons. The number of carbonyl (C=O) groups is 1. The zero-order valence-electron chi connectivity index (χ0n) is 13.5. The third-order valence-electron chi connectivity index (χ3n) is 3.70. The molecule has 0 bridgehead atoms. The zero-order valence-corrected chi connectivity index (χ0v) is 14.2. The molecule has 0 saturated carbocycles. The van der Waals surface area contributed by atoms with Gasteiger partial charge in [-0.25, -0.2) is 9.37 Å². The molecule has 2 aromatic carbocycles. The van der Waals surface area contributed by atoms with E-state index in [1.807, 2.05) is 30.3 Å². The van der Waals surface area contributed by atoms with Crippen molar-refractivity contribution in [2.75, 3.05) is 7.11 Å². The summed E-state index contributed by atoms with van der Waals surface area (Å²) in [5.41, 5.74) is 1.90. The van der Waals surface area contributed by atoms with Crippen LogP contribution in [0.3, 0.4) is 0 Å². The molecule has 0 spiro atoms. The average Bonchev–Trinajstić information content (AvgIpc) is 2.60. The van der Waals surface area contributed by atoms with E-state index in [4.69, 9.17) is 21.1 Å². The predicted molar refractivity (Wildman–Crippen MR) is 93.2 cm³/mol. The van der Waals surface area contributed by atoms with Crippen LogP contribution in [-0.2, 0) is 22.6 Å². The van der Waals surface area contributed by atoms with Crippen molar-refractivity contribution in [1.82, 2.24) is 4.98 Å². The van der Waals surface area contributed by atoms with Crippen molar-refractivity contribution < 1.29 is 18.7 Å². The minimum Gasteiger partial charge on any atom is -0.494 e. The number of methoxy groups -OCH3 is 1. The first-order valence-electron chi connectivity index (χ1n) is 7.59. The lowest BCUT2D eigenvalue weighted by Crippen LogP contribution is -2.09. The molecule has 0 N–H and O–H groups in total. The van der Waals surface area contributed by atoms with Crippen LogP contribution in [0.4, 0.5) is 4.39 Å². The number of halogens is 2. The Morgan fingerprint density at radius 2 is 2.00 bits per heavy atom. The summed E-state index contributed by atoms with van der Waals surface area (Å²) in [5.74, 6) is -0.866. The summed E-state index contributed by atoms with van der Waals surface area (Å²) in [6.45, 7) is 0.00807. The molecule has 1 aromatic heterocycles. The average molecular weight is 360 g/mol. The Balaban J connectivity index is 1.66. The fourth-order valence-corrected chi connectivity index (χ4v) is 2.63. The summed E-state index contributed by atoms with van der Waals surface area (Å²) < 4.78 is 23.7. The maximum Gasteiger partial charge on any atom is 0.310 e. The van der Waals surface area contributed by atoms with Gasteiger partial charge in [0, 0.05) is 10.9 Å². The highest BCUT2D eigenvalue weighted by Crippen LogP contribution is 2.22. The van der Waals surface area contributed by atoms with Gasteiger partial charge in [-0.15, -0.1) is 0 Å². The molecule has 0 atom stereocenters. The van der Waals surface area contributed by atoms with Gasteiger partial charge >= 0.3 is 5.97 Å².